The fraction of sp³-hybridized carbons (Fsp3) is 0.182. The van der Waals surface area contributed by atoms with Crippen LogP contribution in [0.4, 0.5) is 8.78 Å². The number of nitrogens with zero attached hydrogens (tertiary/aromatic N) is 2. The third-order valence-electron chi connectivity index (χ3n) is 2.28. The van der Waals surface area contributed by atoms with Gasteiger partial charge in [0.25, 0.3) is 11.7 Å². The smallest absolute Gasteiger partial charge is 0.339 e. The molecule has 7 heteroatoms. The topological polar surface area (TPSA) is 56.0 Å². The molecule has 18 heavy (non-hydrogen) atoms. The minimum Gasteiger partial charge on any atom is -0.418 e. The van der Waals surface area contributed by atoms with Crippen molar-refractivity contribution in [1.29, 1.82) is 0 Å². The number of rotatable bonds is 3. The van der Waals surface area contributed by atoms with Crippen molar-refractivity contribution in [1.82, 2.24) is 10.2 Å². The molecule has 0 aliphatic heterocycles. The van der Waals surface area contributed by atoms with E-state index in [9.17, 15) is 13.6 Å². The Morgan fingerprint density at radius 3 is 2.39 bits per heavy atom. The number of halogens is 2. The maximum Gasteiger partial charge on any atom is 0.339 e. The van der Waals surface area contributed by atoms with Gasteiger partial charge in [0.05, 0.1) is 0 Å². The zero-order valence-electron chi connectivity index (χ0n) is 9.35. The lowest BCUT2D eigenvalue weighted by molar-refractivity contribution is 0.00416. The molecule has 0 fully saturated rings. The Hall–Kier alpha value is -2.05. The van der Waals surface area contributed by atoms with Crippen LogP contribution in [0.25, 0.3) is 0 Å². The van der Waals surface area contributed by atoms with Gasteiger partial charge in [-0.3, -0.25) is 4.79 Å². The number of aromatic nitrogens is 2. The summed E-state index contributed by atoms with van der Waals surface area (Å²) in [5.74, 6) is -5.93. The lowest BCUT2D eigenvalue weighted by atomic mass is 9.93. The number of aryl methyl sites for hydroxylation is 1. The Kier molecular flexibility index (Phi) is 2.98. The molecular formula is C11H7BF2N2O2. The van der Waals surface area contributed by atoms with Crippen LogP contribution < -0.4 is 5.46 Å². The molecule has 0 aliphatic carbocycles. The van der Waals surface area contributed by atoms with Gasteiger partial charge in [-0.25, -0.2) is 0 Å². The van der Waals surface area contributed by atoms with E-state index in [4.69, 9.17) is 12.3 Å². The van der Waals surface area contributed by atoms with E-state index in [1.807, 2.05) is 0 Å². The van der Waals surface area contributed by atoms with Crippen LogP contribution in [0.5, 0.6) is 0 Å². The van der Waals surface area contributed by atoms with Crippen LogP contribution in [0.2, 0.25) is 0 Å². The summed E-state index contributed by atoms with van der Waals surface area (Å²) in [5, 5.41) is 6.62. The first-order valence-corrected chi connectivity index (χ1v) is 5.00. The van der Waals surface area contributed by atoms with Gasteiger partial charge in [0.1, 0.15) is 7.85 Å². The second-order valence-electron chi connectivity index (χ2n) is 3.65. The molecule has 90 valence electrons. The summed E-state index contributed by atoms with van der Waals surface area (Å²) in [4.78, 5) is 11.6. The summed E-state index contributed by atoms with van der Waals surface area (Å²) in [7, 11) is 5.39. The van der Waals surface area contributed by atoms with Gasteiger partial charge in [-0.15, -0.1) is 10.2 Å². The fourth-order valence-electron chi connectivity index (χ4n) is 1.35. The average Bonchev–Trinajstić information content (AvgIpc) is 2.75. The van der Waals surface area contributed by atoms with Gasteiger partial charge in [-0.1, -0.05) is 29.7 Å². The first kappa shape index (κ1) is 12.4. The van der Waals surface area contributed by atoms with Gasteiger partial charge >= 0.3 is 5.92 Å². The third kappa shape index (κ3) is 2.16. The van der Waals surface area contributed by atoms with Crippen molar-refractivity contribution in [2.75, 3.05) is 0 Å². The van der Waals surface area contributed by atoms with Crippen LogP contribution in [-0.2, 0) is 5.92 Å². The van der Waals surface area contributed by atoms with E-state index < -0.39 is 23.2 Å². The Morgan fingerprint density at radius 1 is 1.28 bits per heavy atom. The molecular weight excluding hydrogens is 241 g/mol. The summed E-state index contributed by atoms with van der Waals surface area (Å²) in [5.41, 5.74) is -0.145. The molecule has 0 amide bonds. The Labute approximate surface area is 102 Å². The lowest BCUT2D eigenvalue weighted by Gasteiger charge is -2.13. The number of benzene rings is 1. The van der Waals surface area contributed by atoms with E-state index >= 15 is 0 Å². The monoisotopic (exact) mass is 248 g/mol. The number of hydrogen-bond acceptors (Lipinski definition) is 4. The highest BCUT2D eigenvalue weighted by molar-refractivity contribution is 6.32. The van der Waals surface area contributed by atoms with Crippen molar-refractivity contribution in [3.63, 3.8) is 0 Å². The number of Topliss-reactive ketones (excluding diaryl/α,β-unsaturated/α-hetero) is 1. The van der Waals surface area contributed by atoms with E-state index in [1.54, 1.807) is 0 Å². The Balaban J connectivity index is 2.36. The minimum atomic E-state index is -3.73. The predicted octanol–water partition coefficient (Wildman–Crippen LogP) is 1.15. The van der Waals surface area contributed by atoms with Crippen molar-refractivity contribution in [2.45, 2.75) is 12.8 Å². The molecule has 2 rings (SSSR count). The molecule has 0 saturated heterocycles. The van der Waals surface area contributed by atoms with Crippen molar-refractivity contribution < 1.29 is 18.0 Å². The summed E-state index contributed by atoms with van der Waals surface area (Å²) in [6, 6.07) is 4.73. The summed E-state index contributed by atoms with van der Waals surface area (Å²) < 4.78 is 32.4. The Morgan fingerprint density at radius 2 is 1.89 bits per heavy atom. The molecule has 2 radical (unpaired) electrons. The molecule has 4 nitrogen and oxygen atoms in total. The first-order valence-electron chi connectivity index (χ1n) is 5.00. The molecule has 0 N–H and O–H groups in total. The van der Waals surface area contributed by atoms with Crippen molar-refractivity contribution in [2.24, 2.45) is 0 Å². The maximum atomic E-state index is 13.9. The molecule has 1 heterocycles. The van der Waals surface area contributed by atoms with E-state index in [0.29, 0.717) is 5.46 Å². The van der Waals surface area contributed by atoms with Gasteiger partial charge < -0.3 is 4.42 Å². The van der Waals surface area contributed by atoms with E-state index in [0.717, 1.165) is 12.1 Å². The van der Waals surface area contributed by atoms with Crippen LogP contribution in [0.3, 0.4) is 0 Å². The maximum absolute atomic E-state index is 13.9. The fourth-order valence-corrected chi connectivity index (χ4v) is 1.35. The van der Waals surface area contributed by atoms with Gasteiger partial charge in [-0.05, 0) is 0 Å². The highest BCUT2D eigenvalue weighted by Gasteiger charge is 2.44. The highest BCUT2D eigenvalue weighted by Crippen LogP contribution is 2.31. The van der Waals surface area contributed by atoms with Crippen LogP contribution in [0.1, 0.15) is 22.1 Å². The first-order chi connectivity index (χ1) is 8.41. The average molecular weight is 248 g/mol. The minimum absolute atomic E-state index is 0.0476. The van der Waals surface area contributed by atoms with Gasteiger partial charge in [0.2, 0.25) is 5.89 Å². The molecule has 2 aromatic rings. The largest absolute Gasteiger partial charge is 0.418 e. The normalized spacial score (nSPS) is 11.5. The van der Waals surface area contributed by atoms with Crippen LogP contribution in [-0.4, -0.2) is 23.8 Å². The van der Waals surface area contributed by atoms with Gasteiger partial charge in [0, 0.05) is 12.5 Å². The van der Waals surface area contributed by atoms with Gasteiger partial charge in [0.15, 0.2) is 0 Å². The number of carbonyl (C=O) groups excluding carboxylic acids is 1. The summed E-state index contributed by atoms with van der Waals surface area (Å²) in [6.45, 7) is 1.41. The molecule has 0 saturated carbocycles. The number of alkyl halides is 2. The van der Waals surface area contributed by atoms with Crippen LogP contribution >= 0.6 is 0 Å². The molecule has 0 unspecified atom stereocenters. The third-order valence-corrected chi connectivity index (χ3v) is 2.28. The van der Waals surface area contributed by atoms with E-state index in [-0.39, 0.29) is 5.89 Å². The highest BCUT2D eigenvalue weighted by atomic mass is 19.3. The van der Waals surface area contributed by atoms with Crippen molar-refractivity contribution in [3.8, 4) is 0 Å². The number of ketones is 1. The molecule has 1 aromatic carbocycles. The van der Waals surface area contributed by atoms with Crippen molar-refractivity contribution in [3.05, 3.63) is 41.6 Å². The second kappa shape index (κ2) is 4.32. The predicted molar refractivity (Wildman–Crippen MR) is 59.1 cm³/mol. The molecule has 0 aliphatic rings. The zero-order valence-corrected chi connectivity index (χ0v) is 9.35. The standard InChI is InChI=1S/C11H7BF2N2O2/c1-6-15-16-10(18-6)9(17)11(13,14)7-2-4-8(12)5-3-7/h2-5H,1H3. The molecule has 0 spiro atoms. The van der Waals surface area contributed by atoms with Gasteiger partial charge in [-0.2, -0.15) is 8.78 Å². The zero-order chi connectivity index (χ0) is 13.3. The Bertz CT molecular complexity index is 581. The second-order valence-corrected chi connectivity index (χ2v) is 3.65. The summed E-state index contributed by atoms with van der Waals surface area (Å²) in [6.07, 6.45) is 0. The van der Waals surface area contributed by atoms with Crippen LogP contribution in [0.15, 0.2) is 28.7 Å². The van der Waals surface area contributed by atoms with E-state index in [1.165, 1.54) is 19.1 Å². The summed E-state index contributed by atoms with van der Waals surface area (Å²) >= 11 is 0. The molecule has 1 aromatic heterocycles. The van der Waals surface area contributed by atoms with Crippen molar-refractivity contribution >= 4 is 19.1 Å². The number of hydrogen-bond donors (Lipinski definition) is 0. The SMILES string of the molecule is [B]c1ccc(C(F)(F)C(=O)c2nnc(C)o2)cc1. The number of carbonyl (C=O) groups is 1. The van der Waals surface area contributed by atoms with Crippen LogP contribution in [0, 0.1) is 6.92 Å². The van der Waals surface area contributed by atoms with E-state index in [2.05, 4.69) is 10.2 Å². The lowest BCUT2D eigenvalue weighted by Crippen LogP contribution is -2.27. The quantitative estimate of drug-likeness (QED) is 0.603. The molecule has 0 bridgehead atoms. The molecule has 0 atom stereocenters.